The number of sulfonamides is 1. The molecule has 20 heteroatoms. The van der Waals surface area contributed by atoms with Gasteiger partial charge < -0.3 is 25.3 Å². The number of nitrogens with one attached hydrogen (secondary N) is 2. The van der Waals surface area contributed by atoms with Crippen LogP contribution in [0.15, 0.2) is 136 Å². The largest absolute Gasteiger partial charge is 0.501 e. The summed E-state index contributed by atoms with van der Waals surface area (Å²) < 4.78 is 137. The van der Waals surface area contributed by atoms with Crippen molar-refractivity contribution in [1.82, 2.24) is 9.62 Å². The molecule has 0 bridgehead atoms. The Morgan fingerprint density at radius 1 is 0.851 bits per heavy atom. The van der Waals surface area contributed by atoms with Crippen molar-refractivity contribution in [3.05, 3.63) is 138 Å². The van der Waals surface area contributed by atoms with Gasteiger partial charge >= 0.3 is 11.7 Å². The lowest BCUT2D eigenvalue weighted by Crippen LogP contribution is -2.38. The van der Waals surface area contributed by atoms with E-state index in [2.05, 4.69) is 5.32 Å². The molecular formula is C47H50F6N4O7S3. The van der Waals surface area contributed by atoms with Gasteiger partial charge in [0, 0.05) is 54.1 Å². The molecule has 0 spiro atoms. The van der Waals surface area contributed by atoms with E-state index in [4.69, 9.17) is 0 Å². The highest BCUT2D eigenvalue weighted by Gasteiger charge is 2.48. The molecule has 1 heterocycles. The van der Waals surface area contributed by atoms with Crippen molar-refractivity contribution >= 4 is 48.9 Å². The molecule has 1 aliphatic rings. The molecule has 0 saturated carbocycles. The van der Waals surface area contributed by atoms with Crippen molar-refractivity contribution in [3.63, 3.8) is 0 Å². The standard InChI is InChI=1S/C47H50F6N4O7S3/c1-31(29-56(2)26-27-58)42(30-65-37-8-4-3-5-9-37)54-41-21-20-38(28-43(41)66(61,62)47(51,52)53)67(63,64)55-45(60)34-14-18-36(19-15-34)57-24-22-33(23-25-57)44(59)40-11-7-6-10-39(40)32-12-16-35(17-13-32)46(48,49)50/h3-21,28,31,33,42,44,54,58-59H,22-27,29-30H2,1-2H3,(H,55,60). The fourth-order valence-electron chi connectivity index (χ4n) is 7.92. The van der Waals surface area contributed by atoms with E-state index in [9.17, 15) is 58.2 Å². The van der Waals surface area contributed by atoms with Crippen molar-refractivity contribution < 1.29 is 58.2 Å². The van der Waals surface area contributed by atoms with Crippen molar-refractivity contribution in [3.8, 4) is 11.1 Å². The molecule has 1 amide bonds. The maximum atomic E-state index is 14.2. The maximum Gasteiger partial charge on any atom is 0.501 e. The topological polar surface area (TPSA) is 156 Å². The number of thioether (sulfide) groups is 1. The Morgan fingerprint density at radius 2 is 1.48 bits per heavy atom. The molecule has 5 aromatic carbocycles. The lowest BCUT2D eigenvalue weighted by atomic mass is 9.84. The molecule has 0 aromatic heterocycles. The van der Waals surface area contributed by atoms with Crippen LogP contribution in [0.1, 0.15) is 47.4 Å². The number of piperidine rings is 1. The molecule has 5 aromatic rings. The molecule has 3 atom stereocenters. The van der Waals surface area contributed by atoms with Crippen LogP contribution in [-0.2, 0) is 26.0 Å². The zero-order chi connectivity index (χ0) is 48.7. The zero-order valence-corrected chi connectivity index (χ0v) is 38.8. The van der Waals surface area contributed by atoms with Gasteiger partial charge in [-0.1, -0.05) is 61.5 Å². The first-order chi connectivity index (χ1) is 31.6. The van der Waals surface area contributed by atoms with Gasteiger partial charge in [-0.25, -0.2) is 21.6 Å². The van der Waals surface area contributed by atoms with E-state index >= 15 is 0 Å². The number of carbonyl (C=O) groups excluding carboxylic acids is 1. The minimum atomic E-state index is -6.14. The summed E-state index contributed by atoms with van der Waals surface area (Å²) in [4.78, 5) is 15.7. The normalized spacial score (nSPS) is 15.5. The number of aliphatic hydroxyl groups is 2. The van der Waals surface area contributed by atoms with Crippen LogP contribution in [0.4, 0.5) is 37.7 Å². The molecule has 0 radical (unpaired) electrons. The Morgan fingerprint density at radius 3 is 2.09 bits per heavy atom. The van der Waals surface area contributed by atoms with Crippen LogP contribution < -0.4 is 14.9 Å². The summed E-state index contributed by atoms with van der Waals surface area (Å²) in [5.41, 5.74) is -4.78. The van der Waals surface area contributed by atoms with Gasteiger partial charge in [-0.05, 0) is 115 Å². The number of aliphatic hydroxyl groups excluding tert-OH is 2. The van der Waals surface area contributed by atoms with Crippen molar-refractivity contribution in [2.45, 2.75) is 58.3 Å². The first-order valence-corrected chi connectivity index (χ1v) is 25.1. The fraction of sp³-hybridized carbons (Fsp3) is 0.340. The Labute approximate surface area is 390 Å². The second-order valence-electron chi connectivity index (χ2n) is 16.4. The van der Waals surface area contributed by atoms with E-state index in [0.29, 0.717) is 67.5 Å². The summed E-state index contributed by atoms with van der Waals surface area (Å²) in [6.07, 6.45) is -4.32. The maximum absolute atomic E-state index is 14.2. The Bertz CT molecular complexity index is 2690. The highest BCUT2D eigenvalue weighted by atomic mass is 32.2. The third kappa shape index (κ3) is 12.7. The van der Waals surface area contributed by atoms with Crippen LogP contribution in [-0.4, -0.2) is 95.0 Å². The number of halogens is 6. The molecular weight excluding hydrogens is 943 g/mol. The van der Waals surface area contributed by atoms with E-state index in [1.54, 1.807) is 43.4 Å². The minimum Gasteiger partial charge on any atom is -0.395 e. The summed E-state index contributed by atoms with van der Waals surface area (Å²) in [5, 5.41) is 23.8. The van der Waals surface area contributed by atoms with Gasteiger partial charge in [0.25, 0.3) is 25.8 Å². The molecule has 1 fully saturated rings. The molecule has 3 unspecified atom stereocenters. The van der Waals surface area contributed by atoms with Crippen LogP contribution >= 0.6 is 11.8 Å². The van der Waals surface area contributed by atoms with E-state index in [1.165, 1.54) is 36.0 Å². The summed E-state index contributed by atoms with van der Waals surface area (Å²) in [6, 6.07) is 28.3. The van der Waals surface area contributed by atoms with Crippen LogP contribution in [0.2, 0.25) is 0 Å². The molecule has 1 aliphatic heterocycles. The molecule has 4 N–H and O–H groups in total. The van der Waals surface area contributed by atoms with E-state index < -0.39 is 70.6 Å². The van der Waals surface area contributed by atoms with Gasteiger partial charge in [0.05, 0.1) is 28.9 Å². The van der Waals surface area contributed by atoms with Crippen LogP contribution in [0, 0.1) is 11.8 Å². The van der Waals surface area contributed by atoms with Gasteiger partial charge in [-0.2, -0.15) is 26.3 Å². The molecule has 1 saturated heterocycles. The van der Waals surface area contributed by atoms with E-state index in [1.807, 2.05) is 51.8 Å². The quantitative estimate of drug-likeness (QED) is 0.0492. The summed E-state index contributed by atoms with van der Waals surface area (Å²) in [5.74, 6) is -1.36. The number of sulfone groups is 1. The number of benzene rings is 5. The smallest absolute Gasteiger partial charge is 0.395 e. The third-order valence-corrected chi connectivity index (χ3v) is 15.6. The van der Waals surface area contributed by atoms with Gasteiger partial charge in [0.2, 0.25) is 0 Å². The highest BCUT2D eigenvalue weighted by molar-refractivity contribution is 7.99. The van der Waals surface area contributed by atoms with Gasteiger partial charge in [0.15, 0.2) is 0 Å². The Hall–Kier alpha value is -5.12. The average Bonchev–Trinajstić information content (AvgIpc) is 3.29. The number of nitrogens with zero attached hydrogens (tertiary/aromatic N) is 2. The summed E-state index contributed by atoms with van der Waals surface area (Å²) in [7, 11) is -9.33. The van der Waals surface area contributed by atoms with Crippen molar-refractivity contribution in [1.29, 1.82) is 0 Å². The SMILES string of the molecule is CC(CN(C)CCO)C(CSc1ccccc1)Nc1ccc(S(=O)(=O)NC(=O)c2ccc(N3CCC(C(O)c4ccccc4-c4ccc(C(F)(F)F)cc4)CC3)cc2)cc1S(=O)(=O)C(F)(F)F. The molecule has 360 valence electrons. The number of hydrogen-bond acceptors (Lipinski definition) is 11. The predicted molar refractivity (Wildman–Crippen MR) is 246 cm³/mol. The van der Waals surface area contributed by atoms with Gasteiger partial charge in [-0.15, -0.1) is 11.8 Å². The van der Waals surface area contributed by atoms with Gasteiger partial charge in [-0.3, -0.25) is 4.79 Å². The highest BCUT2D eigenvalue weighted by Crippen LogP contribution is 2.40. The lowest BCUT2D eigenvalue weighted by Gasteiger charge is -2.36. The predicted octanol–water partition coefficient (Wildman–Crippen LogP) is 8.87. The van der Waals surface area contributed by atoms with Crippen molar-refractivity contribution in [2.75, 3.05) is 55.8 Å². The second kappa shape index (κ2) is 21.5. The monoisotopic (exact) mass is 992 g/mol. The first kappa shape index (κ1) is 51.3. The van der Waals surface area contributed by atoms with Crippen LogP contribution in [0.3, 0.4) is 0 Å². The van der Waals surface area contributed by atoms with E-state index in [0.717, 1.165) is 29.2 Å². The average molecular weight is 993 g/mol. The van der Waals surface area contributed by atoms with Crippen LogP contribution in [0.5, 0.6) is 0 Å². The molecule has 0 aliphatic carbocycles. The second-order valence-corrected chi connectivity index (χ2v) is 21.0. The first-order valence-electron chi connectivity index (χ1n) is 21.1. The number of likely N-dealkylation sites (N-methyl/N-ethyl adjacent to an activating group) is 1. The number of alkyl halides is 6. The summed E-state index contributed by atoms with van der Waals surface area (Å²) in [6.45, 7) is 3.33. The molecule has 67 heavy (non-hydrogen) atoms. The van der Waals surface area contributed by atoms with Crippen LogP contribution in [0.25, 0.3) is 11.1 Å². The number of amides is 1. The fourth-order valence-corrected chi connectivity index (χ4v) is 11.1. The van der Waals surface area contributed by atoms with Crippen molar-refractivity contribution in [2.24, 2.45) is 11.8 Å². The minimum absolute atomic E-state index is 0.113. The lowest BCUT2D eigenvalue weighted by molar-refractivity contribution is -0.137. The van der Waals surface area contributed by atoms with E-state index in [-0.39, 0.29) is 29.8 Å². The number of hydrogen-bond donors (Lipinski definition) is 4. The number of anilines is 2. The van der Waals surface area contributed by atoms with Gasteiger partial charge in [0.1, 0.15) is 4.90 Å². The number of rotatable bonds is 18. The third-order valence-electron chi connectivity index (χ3n) is 11.7. The Balaban J connectivity index is 1.14. The number of carbonyl (C=O) groups is 1. The zero-order valence-electron chi connectivity index (χ0n) is 36.3. The Kier molecular flexibility index (Phi) is 16.4. The molecule has 6 rings (SSSR count). The summed E-state index contributed by atoms with van der Waals surface area (Å²) >= 11 is 1.38. The molecule has 11 nitrogen and oxygen atoms in total.